The summed E-state index contributed by atoms with van der Waals surface area (Å²) in [7, 11) is 0. The maximum atomic E-state index is 13.0. The predicted octanol–water partition coefficient (Wildman–Crippen LogP) is 6.25. The average molecular weight is 448 g/mol. The van der Waals surface area contributed by atoms with Crippen molar-refractivity contribution in [2.24, 2.45) is 0 Å². The highest BCUT2D eigenvalue weighted by atomic mass is 35.5. The van der Waals surface area contributed by atoms with Crippen LogP contribution in [0.25, 0.3) is 20.9 Å². The Morgan fingerprint density at radius 2 is 2.00 bits per heavy atom. The van der Waals surface area contributed by atoms with Gasteiger partial charge < -0.3 is 9.73 Å². The van der Waals surface area contributed by atoms with Crippen LogP contribution < -0.4 is 5.32 Å². The summed E-state index contributed by atoms with van der Waals surface area (Å²) in [4.78, 5) is 13.3. The minimum atomic E-state index is -0.439. The van der Waals surface area contributed by atoms with Crippen molar-refractivity contribution in [3.8, 4) is 10.8 Å². The highest BCUT2D eigenvalue weighted by molar-refractivity contribution is 8.00. The highest BCUT2D eigenvalue weighted by Gasteiger charge is 2.23. The third-order valence-electron chi connectivity index (χ3n) is 4.15. The lowest BCUT2D eigenvalue weighted by molar-refractivity contribution is -0.115. The first-order valence-electron chi connectivity index (χ1n) is 8.79. The van der Waals surface area contributed by atoms with Crippen LogP contribution in [0.2, 0.25) is 5.02 Å². The SMILES string of the molecule is CC[C@H](Sc1nnc(-c2sc3ccccc3c2Cl)o1)C(=O)Nc1ccc(F)cc1. The minimum Gasteiger partial charge on any atom is -0.410 e. The summed E-state index contributed by atoms with van der Waals surface area (Å²) in [5.41, 5.74) is 0.527. The molecule has 1 atom stereocenters. The highest BCUT2D eigenvalue weighted by Crippen LogP contribution is 2.42. The van der Waals surface area contributed by atoms with Gasteiger partial charge in [-0.2, -0.15) is 0 Å². The standard InChI is InChI=1S/C20H15ClFN3O2S2/c1-2-14(18(26)23-12-9-7-11(22)8-10-12)29-20-25-24-19(27-20)17-16(21)13-5-3-4-6-15(13)28-17/h3-10,14H,2H2,1H3,(H,23,26)/t14-/m0/s1. The molecule has 0 spiro atoms. The van der Waals surface area contributed by atoms with E-state index >= 15 is 0 Å². The van der Waals surface area contributed by atoms with E-state index in [1.165, 1.54) is 47.4 Å². The molecular weight excluding hydrogens is 433 g/mol. The monoisotopic (exact) mass is 447 g/mol. The number of carbonyl (C=O) groups excluding carboxylic acids is 1. The summed E-state index contributed by atoms with van der Waals surface area (Å²) in [5.74, 6) is -0.251. The molecular formula is C20H15ClFN3O2S2. The summed E-state index contributed by atoms with van der Waals surface area (Å²) in [6, 6.07) is 13.4. The molecule has 1 N–H and O–H groups in total. The molecule has 4 rings (SSSR count). The maximum absolute atomic E-state index is 13.0. The van der Waals surface area contributed by atoms with E-state index in [1.54, 1.807) is 0 Å². The summed E-state index contributed by atoms with van der Waals surface area (Å²) in [5, 5.41) is 12.3. The normalized spacial score (nSPS) is 12.2. The quantitative estimate of drug-likeness (QED) is 0.353. The zero-order valence-corrected chi connectivity index (χ0v) is 17.6. The Morgan fingerprint density at radius 3 is 2.72 bits per heavy atom. The molecule has 0 saturated carbocycles. The van der Waals surface area contributed by atoms with Crippen molar-refractivity contribution >= 4 is 56.4 Å². The molecule has 0 fully saturated rings. The zero-order chi connectivity index (χ0) is 20.4. The van der Waals surface area contributed by atoms with Gasteiger partial charge in [0.15, 0.2) is 0 Å². The molecule has 9 heteroatoms. The molecule has 5 nitrogen and oxygen atoms in total. The third kappa shape index (κ3) is 4.29. The molecule has 0 aliphatic heterocycles. The van der Waals surface area contributed by atoms with Crippen LogP contribution in [-0.2, 0) is 4.79 Å². The topological polar surface area (TPSA) is 68.0 Å². The number of thiophene rings is 1. The van der Waals surface area contributed by atoms with Gasteiger partial charge in [0.25, 0.3) is 11.1 Å². The molecule has 1 amide bonds. The van der Waals surface area contributed by atoms with E-state index in [1.807, 2.05) is 31.2 Å². The number of halogens is 2. The lowest BCUT2D eigenvalue weighted by atomic mass is 10.2. The van der Waals surface area contributed by atoms with Gasteiger partial charge in [0.1, 0.15) is 10.7 Å². The second-order valence-electron chi connectivity index (χ2n) is 6.13. The Bertz CT molecular complexity index is 1160. The fourth-order valence-electron chi connectivity index (χ4n) is 2.70. The van der Waals surface area contributed by atoms with Gasteiger partial charge in [-0.15, -0.1) is 21.5 Å². The van der Waals surface area contributed by atoms with Crippen LogP contribution in [0.4, 0.5) is 10.1 Å². The van der Waals surface area contributed by atoms with Gasteiger partial charge in [-0.3, -0.25) is 4.79 Å². The molecule has 2 heterocycles. The molecule has 0 saturated heterocycles. The summed E-state index contributed by atoms with van der Waals surface area (Å²) in [6.07, 6.45) is 0.555. The number of fused-ring (bicyclic) bond motifs is 1. The van der Waals surface area contributed by atoms with Crippen molar-refractivity contribution in [2.75, 3.05) is 5.32 Å². The van der Waals surface area contributed by atoms with Crippen molar-refractivity contribution in [2.45, 2.75) is 23.8 Å². The molecule has 148 valence electrons. The molecule has 0 radical (unpaired) electrons. The van der Waals surface area contributed by atoms with Gasteiger partial charge in [0, 0.05) is 15.8 Å². The number of hydrogen-bond donors (Lipinski definition) is 1. The minimum absolute atomic E-state index is 0.219. The number of anilines is 1. The molecule has 2 aromatic heterocycles. The van der Waals surface area contributed by atoms with Crippen LogP contribution in [0.3, 0.4) is 0 Å². The fourth-order valence-corrected chi connectivity index (χ4v) is 4.93. The smallest absolute Gasteiger partial charge is 0.277 e. The van der Waals surface area contributed by atoms with Crippen LogP contribution in [-0.4, -0.2) is 21.4 Å². The number of rotatable bonds is 6. The Labute approximate surface area is 179 Å². The van der Waals surface area contributed by atoms with Crippen molar-refractivity contribution in [3.63, 3.8) is 0 Å². The van der Waals surface area contributed by atoms with E-state index in [4.69, 9.17) is 16.0 Å². The first-order chi connectivity index (χ1) is 14.0. The largest absolute Gasteiger partial charge is 0.410 e. The number of thioether (sulfide) groups is 1. The number of nitrogens with one attached hydrogen (secondary N) is 1. The zero-order valence-electron chi connectivity index (χ0n) is 15.2. The van der Waals surface area contributed by atoms with E-state index < -0.39 is 5.25 Å². The van der Waals surface area contributed by atoms with Gasteiger partial charge in [0.05, 0.1) is 10.3 Å². The molecule has 2 aromatic carbocycles. The van der Waals surface area contributed by atoms with Gasteiger partial charge in [-0.25, -0.2) is 4.39 Å². The van der Waals surface area contributed by atoms with E-state index in [-0.39, 0.29) is 16.9 Å². The van der Waals surface area contributed by atoms with Crippen LogP contribution in [0, 0.1) is 5.82 Å². The number of nitrogens with zero attached hydrogens (tertiary/aromatic N) is 2. The Hall–Kier alpha value is -2.42. The molecule has 29 heavy (non-hydrogen) atoms. The van der Waals surface area contributed by atoms with Gasteiger partial charge >= 0.3 is 0 Å². The van der Waals surface area contributed by atoms with Crippen LogP contribution in [0.15, 0.2) is 58.2 Å². The lowest BCUT2D eigenvalue weighted by Gasteiger charge is -2.12. The predicted molar refractivity (Wildman–Crippen MR) is 115 cm³/mol. The molecule has 0 unspecified atom stereocenters. The number of amides is 1. The van der Waals surface area contributed by atoms with Gasteiger partial charge in [-0.1, -0.05) is 48.5 Å². The Balaban J connectivity index is 1.50. The first-order valence-corrected chi connectivity index (χ1v) is 10.9. The fraction of sp³-hybridized carbons (Fsp3) is 0.150. The second kappa shape index (κ2) is 8.52. The van der Waals surface area contributed by atoms with Gasteiger partial charge in [0.2, 0.25) is 5.91 Å². The van der Waals surface area contributed by atoms with E-state index in [0.717, 1.165) is 10.1 Å². The van der Waals surface area contributed by atoms with E-state index in [0.29, 0.717) is 27.9 Å². The van der Waals surface area contributed by atoms with Crippen molar-refractivity contribution in [1.29, 1.82) is 0 Å². The number of aromatic nitrogens is 2. The van der Waals surface area contributed by atoms with Crippen LogP contribution in [0.5, 0.6) is 0 Å². The molecule has 4 aromatic rings. The number of hydrogen-bond acceptors (Lipinski definition) is 6. The summed E-state index contributed by atoms with van der Waals surface area (Å²) in [6.45, 7) is 1.89. The van der Waals surface area contributed by atoms with E-state index in [2.05, 4.69) is 15.5 Å². The number of benzene rings is 2. The molecule has 0 bridgehead atoms. The van der Waals surface area contributed by atoms with Crippen molar-refractivity contribution < 1.29 is 13.6 Å². The Morgan fingerprint density at radius 1 is 1.24 bits per heavy atom. The third-order valence-corrected chi connectivity index (χ3v) is 7.02. The average Bonchev–Trinajstić information content (AvgIpc) is 3.32. The van der Waals surface area contributed by atoms with Gasteiger partial charge in [-0.05, 0) is 36.8 Å². The maximum Gasteiger partial charge on any atom is 0.277 e. The van der Waals surface area contributed by atoms with Crippen LogP contribution >= 0.6 is 34.7 Å². The van der Waals surface area contributed by atoms with E-state index in [9.17, 15) is 9.18 Å². The Kier molecular flexibility index (Phi) is 5.84. The second-order valence-corrected chi connectivity index (χ2v) is 8.71. The van der Waals surface area contributed by atoms with Crippen molar-refractivity contribution in [1.82, 2.24) is 10.2 Å². The summed E-state index contributed by atoms with van der Waals surface area (Å²) < 4.78 is 19.8. The van der Waals surface area contributed by atoms with Crippen molar-refractivity contribution in [3.05, 3.63) is 59.4 Å². The molecule has 0 aliphatic rings. The number of carbonyl (C=O) groups is 1. The van der Waals surface area contributed by atoms with Crippen LogP contribution in [0.1, 0.15) is 13.3 Å². The lowest BCUT2D eigenvalue weighted by Crippen LogP contribution is -2.24. The summed E-state index contributed by atoms with van der Waals surface area (Å²) >= 11 is 9.13. The first kappa shape index (κ1) is 19.9. The molecule has 0 aliphatic carbocycles.